The van der Waals surface area contributed by atoms with Crippen molar-refractivity contribution in [3.05, 3.63) is 11.6 Å². The Morgan fingerprint density at radius 1 is 0.840 bits per heavy atom. The minimum atomic E-state index is 0.887. The molecule has 0 aromatic rings. The topological polar surface area (TPSA) is 0 Å². The molecule has 0 radical (unpaired) electrons. The van der Waals surface area contributed by atoms with Crippen molar-refractivity contribution < 1.29 is 0 Å². The average Bonchev–Trinajstić information content (AvgIpc) is 3.05. The molecule has 3 fully saturated rings. The molecule has 3 saturated carbocycles. The summed E-state index contributed by atoms with van der Waals surface area (Å²) < 4.78 is 0. The van der Waals surface area contributed by atoms with Crippen molar-refractivity contribution in [3.63, 3.8) is 0 Å². The van der Waals surface area contributed by atoms with Gasteiger partial charge in [0.25, 0.3) is 0 Å². The first-order chi connectivity index (χ1) is 12.1. The SMILES string of the molecule is CC(C)CCC[C@H](C)C1CCC2C3CC=C4CCCCC4C3CCC21. The second-order valence-electron chi connectivity index (χ2n) is 10.6. The fourth-order valence-electron chi connectivity index (χ4n) is 7.72. The summed E-state index contributed by atoms with van der Waals surface area (Å²) in [4.78, 5) is 0. The molecule has 0 aromatic heterocycles. The maximum absolute atomic E-state index is 2.73. The molecule has 6 unspecified atom stereocenters. The van der Waals surface area contributed by atoms with Crippen molar-refractivity contribution in [2.75, 3.05) is 0 Å². The van der Waals surface area contributed by atoms with Gasteiger partial charge in [-0.1, -0.05) is 58.1 Å². The van der Waals surface area contributed by atoms with Gasteiger partial charge in [-0.2, -0.15) is 0 Å². The van der Waals surface area contributed by atoms with Crippen molar-refractivity contribution in [2.45, 2.75) is 97.8 Å². The monoisotopic (exact) mass is 342 g/mol. The third kappa shape index (κ3) is 3.61. The van der Waals surface area contributed by atoms with Crippen LogP contribution in [0.4, 0.5) is 0 Å². The molecule has 4 aliphatic carbocycles. The highest BCUT2D eigenvalue weighted by Gasteiger charge is 2.50. The Morgan fingerprint density at radius 2 is 1.64 bits per heavy atom. The maximum atomic E-state index is 2.73. The van der Waals surface area contributed by atoms with Crippen molar-refractivity contribution in [2.24, 2.45) is 47.3 Å². The molecule has 142 valence electrons. The van der Waals surface area contributed by atoms with Gasteiger partial charge in [-0.05, 0) is 98.7 Å². The van der Waals surface area contributed by atoms with E-state index in [0.717, 1.165) is 47.3 Å². The zero-order chi connectivity index (χ0) is 17.4. The van der Waals surface area contributed by atoms with E-state index in [1.165, 1.54) is 51.4 Å². The minimum Gasteiger partial charge on any atom is -0.0847 e. The van der Waals surface area contributed by atoms with Gasteiger partial charge in [-0.3, -0.25) is 0 Å². The molecule has 0 N–H and O–H groups in total. The summed E-state index contributed by atoms with van der Waals surface area (Å²) in [5, 5.41) is 0. The van der Waals surface area contributed by atoms with Crippen LogP contribution in [0.3, 0.4) is 0 Å². The number of hydrogen-bond donors (Lipinski definition) is 0. The average molecular weight is 343 g/mol. The molecule has 0 nitrogen and oxygen atoms in total. The third-order valence-corrected chi connectivity index (χ3v) is 8.91. The second-order valence-corrected chi connectivity index (χ2v) is 10.6. The van der Waals surface area contributed by atoms with Crippen LogP contribution >= 0.6 is 0 Å². The van der Waals surface area contributed by atoms with E-state index >= 15 is 0 Å². The summed E-state index contributed by atoms with van der Waals surface area (Å²) in [5.74, 6) is 8.28. The quantitative estimate of drug-likeness (QED) is 0.450. The Balaban J connectivity index is 1.39. The molecule has 0 bridgehead atoms. The summed E-state index contributed by atoms with van der Waals surface area (Å²) in [6.07, 6.45) is 20.8. The van der Waals surface area contributed by atoms with Gasteiger partial charge in [0.1, 0.15) is 0 Å². The molecular weight excluding hydrogens is 300 g/mol. The lowest BCUT2D eigenvalue weighted by Crippen LogP contribution is -2.41. The van der Waals surface area contributed by atoms with E-state index in [1.807, 2.05) is 5.57 Å². The van der Waals surface area contributed by atoms with Gasteiger partial charge >= 0.3 is 0 Å². The van der Waals surface area contributed by atoms with Crippen LogP contribution in [-0.4, -0.2) is 0 Å². The fraction of sp³-hybridized carbons (Fsp3) is 0.920. The van der Waals surface area contributed by atoms with Crippen molar-refractivity contribution in [3.8, 4) is 0 Å². The smallest absolute Gasteiger partial charge is 0.0172 e. The van der Waals surface area contributed by atoms with Crippen molar-refractivity contribution in [1.82, 2.24) is 0 Å². The number of hydrogen-bond acceptors (Lipinski definition) is 0. The Bertz CT molecular complexity index is 472. The summed E-state index contributed by atoms with van der Waals surface area (Å²) in [5.41, 5.74) is 1.89. The zero-order valence-electron chi connectivity index (χ0n) is 17.2. The van der Waals surface area contributed by atoms with Crippen LogP contribution in [-0.2, 0) is 0 Å². The van der Waals surface area contributed by atoms with Crippen molar-refractivity contribution >= 4 is 0 Å². The van der Waals surface area contributed by atoms with Crippen LogP contribution in [0.25, 0.3) is 0 Å². The first-order valence-corrected chi connectivity index (χ1v) is 11.8. The molecule has 0 heterocycles. The minimum absolute atomic E-state index is 0.887. The van der Waals surface area contributed by atoms with Gasteiger partial charge in [0.15, 0.2) is 0 Å². The molecule has 4 aliphatic rings. The van der Waals surface area contributed by atoms with Crippen LogP contribution in [0.2, 0.25) is 0 Å². The number of fused-ring (bicyclic) bond motifs is 5. The lowest BCUT2D eigenvalue weighted by Gasteiger charge is -2.49. The Hall–Kier alpha value is -0.260. The van der Waals surface area contributed by atoms with E-state index in [0.29, 0.717) is 0 Å². The number of rotatable bonds is 5. The Kier molecular flexibility index (Phi) is 5.63. The van der Waals surface area contributed by atoms with E-state index in [1.54, 1.807) is 25.7 Å². The highest BCUT2D eigenvalue weighted by atomic mass is 14.5. The lowest BCUT2D eigenvalue weighted by atomic mass is 9.56. The van der Waals surface area contributed by atoms with Crippen LogP contribution < -0.4 is 0 Å². The molecule has 25 heavy (non-hydrogen) atoms. The summed E-state index contributed by atoms with van der Waals surface area (Å²) in [7, 11) is 0. The van der Waals surface area contributed by atoms with Gasteiger partial charge in [-0.15, -0.1) is 0 Å². The Morgan fingerprint density at radius 3 is 2.48 bits per heavy atom. The predicted octanol–water partition coefficient (Wildman–Crippen LogP) is 7.64. The first kappa shape index (κ1) is 18.1. The molecule has 0 saturated heterocycles. The van der Waals surface area contributed by atoms with E-state index in [4.69, 9.17) is 0 Å². The highest BCUT2D eigenvalue weighted by molar-refractivity contribution is 5.17. The molecule has 0 spiro atoms. The second kappa shape index (κ2) is 7.77. The van der Waals surface area contributed by atoms with Crippen LogP contribution in [0.1, 0.15) is 97.8 Å². The molecule has 0 amide bonds. The lowest BCUT2D eigenvalue weighted by molar-refractivity contribution is 0.0417. The zero-order valence-corrected chi connectivity index (χ0v) is 17.2. The summed E-state index contributed by atoms with van der Waals surface area (Å²) >= 11 is 0. The van der Waals surface area contributed by atoms with Crippen LogP contribution in [0.5, 0.6) is 0 Å². The summed E-state index contributed by atoms with van der Waals surface area (Å²) in [6.45, 7) is 7.36. The molecular formula is C25H42. The molecule has 0 aliphatic heterocycles. The first-order valence-electron chi connectivity index (χ1n) is 11.8. The van der Waals surface area contributed by atoms with Crippen LogP contribution in [0.15, 0.2) is 11.6 Å². The van der Waals surface area contributed by atoms with E-state index in [-0.39, 0.29) is 0 Å². The third-order valence-electron chi connectivity index (χ3n) is 8.91. The fourth-order valence-corrected chi connectivity index (χ4v) is 7.72. The normalized spacial score (nSPS) is 41.7. The maximum Gasteiger partial charge on any atom is -0.0172 e. The van der Waals surface area contributed by atoms with E-state index in [2.05, 4.69) is 26.8 Å². The summed E-state index contributed by atoms with van der Waals surface area (Å²) in [6, 6.07) is 0. The predicted molar refractivity (Wildman–Crippen MR) is 108 cm³/mol. The van der Waals surface area contributed by atoms with Gasteiger partial charge in [0, 0.05) is 0 Å². The highest BCUT2D eigenvalue weighted by Crippen LogP contribution is 2.59. The van der Waals surface area contributed by atoms with Crippen molar-refractivity contribution in [1.29, 1.82) is 0 Å². The molecule has 7 atom stereocenters. The Labute approximate surface area is 157 Å². The standard InChI is InChI=1S/C25H42/c1-17(2)7-6-8-18(3)20-13-14-25-22(20)15-16-23-21-10-5-4-9-19(21)11-12-24(23)25/h11,17-18,20-25H,4-10,12-16H2,1-3H3/t18-,20?,21?,22?,23?,24?,25?/m0/s1. The largest absolute Gasteiger partial charge is 0.0847 e. The van der Waals surface area contributed by atoms with E-state index in [9.17, 15) is 0 Å². The van der Waals surface area contributed by atoms with E-state index < -0.39 is 0 Å². The molecule has 0 heteroatoms. The van der Waals surface area contributed by atoms with Gasteiger partial charge in [-0.25, -0.2) is 0 Å². The molecule has 4 rings (SSSR count). The molecule has 0 aromatic carbocycles. The van der Waals surface area contributed by atoms with Gasteiger partial charge < -0.3 is 0 Å². The van der Waals surface area contributed by atoms with Gasteiger partial charge in [0.05, 0.1) is 0 Å². The number of allylic oxidation sites excluding steroid dienone is 2. The van der Waals surface area contributed by atoms with Gasteiger partial charge in [0.2, 0.25) is 0 Å². The van der Waals surface area contributed by atoms with Crippen LogP contribution in [0, 0.1) is 47.3 Å².